The van der Waals surface area contributed by atoms with Gasteiger partial charge in [-0.05, 0) is 49.2 Å². The van der Waals surface area contributed by atoms with Crippen LogP contribution >= 0.6 is 11.3 Å². The van der Waals surface area contributed by atoms with E-state index in [4.69, 9.17) is 18.9 Å². The zero-order valence-corrected chi connectivity index (χ0v) is 21.3. The van der Waals surface area contributed by atoms with Crippen molar-refractivity contribution in [3.8, 4) is 29.1 Å². The highest BCUT2D eigenvalue weighted by Crippen LogP contribution is 2.30. The molecule has 0 aliphatic heterocycles. The normalized spacial score (nSPS) is 10.9. The minimum atomic E-state index is -0.551. The lowest BCUT2D eigenvalue weighted by Gasteiger charge is -2.13. The summed E-state index contributed by atoms with van der Waals surface area (Å²) in [5, 5.41) is 21.4. The summed E-state index contributed by atoms with van der Waals surface area (Å²) < 4.78 is 22.4. The van der Waals surface area contributed by atoms with Crippen LogP contribution in [0.5, 0.6) is 23.0 Å². The monoisotopic (exact) mass is 508 g/mol. The average molecular weight is 509 g/mol. The van der Waals surface area contributed by atoms with Crippen LogP contribution in [0, 0.1) is 11.3 Å². The summed E-state index contributed by atoms with van der Waals surface area (Å²) in [5.74, 6) is 1.87. The molecule has 0 radical (unpaired) electrons. The lowest BCUT2D eigenvalue weighted by molar-refractivity contribution is -0.112. The molecule has 3 rings (SSSR count). The average Bonchev–Trinajstić information content (AvgIpc) is 3.33. The van der Waals surface area contributed by atoms with Crippen molar-refractivity contribution in [1.82, 2.24) is 10.2 Å². The Hall–Kier alpha value is -4.10. The van der Waals surface area contributed by atoms with Gasteiger partial charge in [-0.25, -0.2) is 0 Å². The Labute approximate surface area is 214 Å². The second-order valence-corrected chi connectivity index (χ2v) is 8.45. The first-order valence-corrected chi connectivity index (χ1v) is 12.3. The van der Waals surface area contributed by atoms with E-state index in [1.807, 2.05) is 38.1 Å². The van der Waals surface area contributed by atoms with Gasteiger partial charge in [0.2, 0.25) is 5.13 Å². The summed E-state index contributed by atoms with van der Waals surface area (Å²) in [6.45, 7) is 4.94. The number of amides is 1. The lowest BCUT2D eigenvalue weighted by atomic mass is 10.1. The van der Waals surface area contributed by atoms with Gasteiger partial charge in [-0.15, -0.1) is 10.2 Å². The molecule has 9 nitrogen and oxygen atoms in total. The number of nitrogens with zero attached hydrogens (tertiary/aromatic N) is 3. The molecular weight excluding hydrogens is 480 g/mol. The van der Waals surface area contributed by atoms with E-state index in [1.165, 1.54) is 17.4 Å². The van der Waals surface area contributed by atoms with Crippen LogP contribution in [0.25, 0.3) is 6.08 Å². The summed E-state index contributed by atoms with van der Waals surface area (Å²) >= 11 is 1.30. The van der Waals surface area contributed by atoms with E-state index in [0.29, 0.717) is 53.5 Å². The highest BCUT2D eigenvalue weighted by Gasteiger charge is 2.14. The van der Waals surface area contributed by atoms with Crippen molar-refractivity contribution in [2.75, 3.05) is 32.2 Å². The fourth-order valence-electron chi connectivity index (χ4n) is 3.10. The first kappa shape index (κ1) is 26.5. The third-order valence-corrected chi connectivity index (χ3v) is 5.64. The lowest BCUT2D eigenvalue weighted by Crippen LogP contribution is -2.13. The second kappa shape index (κ2) is 13.7. The molecule has 36 heavy (non-hydrogen) atoms. The number of carbonyl (C=O) groups is 1. The van der Waals surface area contributed by atoms with E-state index in [0.717, 1.165) is 17.8 Å². The molecule has 10 heteroatoms. The van der Waals surface area contributed by atoms with Crippen molar-refractivity contribution in [3.63, 3.8) is 0 Å². The van der Waals surface area contributed by atoms with Crippen LogP contribution in [0.1, 0.15) is 30.8 Å². The Balaban J connectivity index is 1.64. The van der Waals surface area contributed by atoms with E-state index in [2.05, 4.69) is 15.5 Å². The Morgan fingerprint density at radius 3 is 2.61 bits per heavy atom. The van der Waals surface area contributed by atoms with Crippen molar-refractivity contribution in [1.29, 1.82) is 5.26 Å². The first-order valence-electron chi connectivity index (χ1n) is 11.5. The van der Waals surface area contributed by atoms with Crippen LogP contribution in [-0.4, -0.2) is 43.0 Å². The molecule has 3 aromatic rings. The maximum absolute atomic E-state index is 12.6. The molecule has 0 saturated carbocycles. The number of aryl methyl sites for hydroxylation is 1. The van der Waals surface area contributed by atoms with Gasteiger partial charge in [0.1, 0.15) is 41.4 Å². The van der Waals surface area contributed by atoms with Gasteiger partial charge in [-0.1, -0.05) is 30.4 Å². The number of aromatic nitrogens is 2. The van der Waals surface area contributed by atoms with Gasteiger partial charge >= 0.3 is 0 Å². The van der Waals surface area contributed by atoms with E-state index in [1.54, 1.807) is 31.4 Å². The molecule has 1 heterocycles. The molecule has 1 aromatic heterocycles. The minimum Gasteiger partial charge on any atom is -0.497 e. The minimum absolute atomic E-state index is 0.0648. The van der Waals surface area contributed by atoms with E-state index in [-0.39, 0.29) is 5.57 Å². The van der Waals surface area contributed by atoms with Crippen LogP contribution in [0.4, 0.5) is 5.13 Å². The molecule has 0 spiro atoms. The van der Waals surface area contributed by atoms with Gasteiger partial charge in [0, 0.05) is 12.5 Å². The van der Waals surface area contributed by atoms with Crippen molar-refractivity contribution < 1.29 is 23.7 Å². The molecule has 2 aromatic carbocycles. The number of carbonyl (C=O) groups excluding carboxylic acids is 1. The molecule has 188 valence electrons. The van der Waals surface area contributed by atoms with Gasteiger partial charge in [-0.2, -0.15) is 5.26 Å². The van der Waals surface area contributed by atoms with Crippen molar-refractivity contribution >= 4 is 28.5 Å². The van der Waals surface area contributed by atoms with Crippen molar-refractivity contribution in [2.24, 2.45) is 0 Å². The molecule has 0 aliphatic carbocycles. The van der Waals surface area contributed by atoms with Gasteiger partial charge in [0.25, 0.3) is 5.91 Å². The molecule has 0 aliphatic rings. The summed E-state index contributed by atoms with van der Waals surface area (Å²) in [7, 11) is 1.60. The van der Waals surface area contributed by atoms with Crippen LogP contribution in [-0.2, 0) is 11.2 Å². The molecule has 0 fully saturated rings. The van der Waals surface area contributed by atoms with Gasteiger partial charge in [0.15, 0.2) is 11.5 Å². The Morgan fingerprint density at radius 1 is 1.06 bits per heavy atom. The molecule has 1 amide bonds. The van der Waals surface area contributed by atoms with Gasteiger partial charge < -0.3 is 18.9 Å². The standard InChI is InChI=1S/C26H28N4O5S/c1-4-7-24-29-30-26(36-24)28-25(31)19(17-27)14-18-10-11-22(23(15-18)33-5-2)35-13-12-34-21-9-6-8-20(16-21)32-3/h6,8-11,14-16H,4-5,7,12-13H2,1-3H3,(H,28,30,31)/b19-14-. The first-order chi connectivity index (χ1) is 17.6. The van der Waals surface area contributed by atoms with E-state index < -0.39 is 5.91 Å². The zero-order chi connectivity index (χ0) is 25.8. The Bertz CT molecular complexity index is 1240. The fourth-order valence-corrected chi connectivity index (χ4v) is 3.94. The number of ether oxygens (including phenoxy) is 4. The number of anilines is 1. The maximum Gasteiger partial charge on any atom is 0.268 e. The van der Waals surface area contributed by atoms with E-state index >= 15 is 0 Å². The largest absolute Gasteiger partial charge is 0.497 e. The van der Waals surface area contributed by atoms with Crippen LogP contribution in [0.3, 0.4) is 0 Å². The number of nitriles is 1. The second-order valence-electron chi connectivity index (χ2n) is 7.39. The van der Waals surface area contributed by atoms with E-state index in [9.17, 15) is 10.1 Å². The highest BCUT2D eigenvalue weighted by molar-refractivity contribution is 7.15. The number of rotatable bonds is 13. The summed E-state index contributed by atoms with van der Waals surface area (Å²) in [5.41, 5.74) is 0.555. The van der Waals surface area contributed by atoms with Crippen LogP contribution in [0.2, 0.25) is 0 Å². The fraction of sp³-hybridized carbons (Fsp3) is 0.308. The number of hydrogen-bond donors (Lipinski definition) is 1. The van der Waals surface area contributed by atoms with Crippen molar-refractivity contribution in [3.05, 3.63) is 58.6 Å². The third kappa shape index (κ3) is 7.71. The van der Waals surface area contributed by atoms with Gasteiger partial charge in [0.05, 0.1) is 13.7 Å². The Morgan fingerprint density at radius 2 is 1.86 bits per heavy atom. The molecule has 1 N–H and O–H groups in total. The SMILES string of the molecule is CCCc1nnc(NC(=O)/C(C#N)=C\c2ccc(OCCOc3cccc(OC)c3)c(OCC)c2)s1. The molecule has 0 bridgehead atoms. The van der Waals surface area contributed by atoms with Crippen molar-refractivity contribution in [2.45, 2.75) is 26.7 Å². The molecule has 0 atom stereocenters. The third-order valence-electron chi connectivity index (χ3n) is 4.75. The van der Waals surface area contributed by atoms with Gasteiger partial charge in [-0.3, -0.25) is 10.1 Å². The van der Waals surface area contributed by atoms with Crippen LogP contribution < -0.4 is 24.3 Å². The molecule has 0 unspecified atom stereocenters. The topological polar surface area (TPSA) is 116 Å². The summed E-state index contributed by atoms with van der Waals surface area (Å²) in [4.78, 5) is 12.6. The summed E-state index contributed by atoms with van der Waals surface area (Å²) in [6, 6.07) is 14.5. The molecular formula is C26H28N4O5S. The summed E-state index contributed by atoms with van der Waals surface area (Å²) in [6.07, 6.45) is 3.21. The quantitative estimate of drug-likeness (QED) is 0.197. The smallest absolute Gasteiger partial charge is 0.268 e. The maximum atomic E-state index is 12.6. The number of benzene rings is 2. The Kier molecular flexibility index (Phi) is 10.1. The number of methoxy groups -OCH3 is 1. The number of nitrogens with one attached hydrogen (secondary N) is 1. The predicted octanol–water partition coefficient (Wildman–Crippen LogP) is 4.90. The predicted molar refractivity (Wildman–Crippen MR) is 138 cm³/mol. The van der Waals surface area contributed by atoms with Crippen LogP contribution in [0.15, 0.2) is 48.0 Å². The zero-order valence-electron chi connectivity index (χ0n) is 20.4. The number of hydrogen-bond acceptors (Lipinski definition) is 9. The highest BCUT2D eigenvalue weighted by atomic mass is 32.1. The molecule has 0 saturated heterocycles.